The standard InChI is InChI=1S/C10H12OS/c1-8(2)9(7-11)6-10-4-3-5-12-10/h3-8H,1-2H3. The molecule has 64 valence electrons. The molecule has 0 atom stereocenters. The maximum atomic E-state index is 10.6. The smallest absolute Gasteiger partial charge is 0.146 e. The van der Waals surface area contributed by atoms with E-state index in [1.165, 1.54) is 0 Å². The molecule has 0 spiro atoms. The monoisotopic (exact) mass is 180 g/mol. The number of thiophene rings is 1. The van der Waals surface area contributed by atoms with Gasteiger partial charge in [0.15, 0.2) is 0 Å². The van der Waals surface area contributed by atoms with Gasteiger partial charge in [-0.1, -0.05) is 19.9 Å². The lowest BCUT2D eigenvalue weighted by atomic mass is 10.0. The van der Waals surface area contributed by atoms with E-state index in [0.717, 1.165) is 16.7 Å². The second kappa shape index (κ2) is 4.21. The Balaban J connectivity index is 2.85. The summed E-state index contributed by atoms with van der Waals surface area (Å²) < 4.78 is 0. The van der Waals surface area contributed by atoms with Gasteiger partial charge in [-0.3, -0.25) is 4.79 Å². The third-order valence-corrected chi connectivity index (χ3v) is 2.47. The molecule has 1 heterocycles. The van der Waals surface area contributed by atoms with Gasteiger partial charge in [0, 0.05) is 4.88 Å². The summed E-state index contributed by atoms with van der Waals surface area (Å²) in [6.45, 7) is 4.04. The lowest BCUT2D eigenvalue weighted by Gasteiger charge is -2.01. The SMILES string of the molecule is CC(C)C(C=O)=Cc1cccs1. The third kappa shape index (κ3) is 2.31. The number of carbonyl (C=O) groups excluding carboxylic acids is 1. The van der Waals surface area contributed by atoms with Crippen LogP contribution in [0.4, 0.5) is 0 Å². The molecule has 0 radical (unpaired) electrons. The van der Waals surface area contributed by atoms with Crippen LogP contribution in [0.3, 0.4) is 0 Å². The van der Waals surface area contributed by atoms with E-state index in [0.29, 0.717) is 5.92 Å². The minimum absolute atomic E-state index is 0.310. The van der Waals surface area contributed by atoms with E-state index in [1.807, 2.05) is 37.4 Å². The zero-order chi connectivity index (χ0) is 8.97. The molecule has 0 aromatic carbocycles. The summed E-state index contributed by atoms with van der Waals surface area (Å²) in [7, 11) is 0. The summed E-state index contributed by atoms with van der Waals surface area (Å²) in [4.78, 5) is 11.8. The zero-order valence-corrected chi connectivity index (χ0v) is 8.10. The second-order valence-corrected chi connectivity index (χ2v) is 3.91. The molecular formula is C10H12OS. The summed E-state index contributed by atoms with van der Waals surface area (Å²) in [5.74, 6) is 0.310. The Hall–Kier alpha value is -0.890. The molecule has 0 saturated heterocycles. The van der Waals surface area contributed by atoms with E-state index in [2.05, 4.69) is 0 Å². The molecule has 0 aliphatic heterocycles. The molecular weight excluding hydrogens is 168 g/mol. The predicted molar refractivity (Wildman–Crippen MR) is 53.2 cm³/mol. The lowest BCUT2D eigenvalue weighted by molar-refractivity contribution is -0.105. The van der Waals surface area contributed by atoms with E-state index in [1.54, 1.807) is 11.3 Å². The number of aldehydes is 1. The molecule has 1 aromatic heterocycles. The van der Waals surface area contributed by atoms with Crippen LogP contribution in [0.15, 0.2) is 23.1 Å². The third-order valence-electron chi connectivity index (χ3n) is 1.65. The molecule has 1 rings (SSSR count). The number of allylic oxidation sites excluding steroid dienone is 1. The van der Waals surface area contributed by atoms with Crippen LogP contribution in [0, 0.1) is 5.92 Å². The highest BCUT2D eigenvalue weighted by atomic mass is 32.1. The Morgan fingerprint density at radius 2 is 2.33 bits per heavy atom. The van der Waals surface area contributed by atoms with Gasteiger partial charge < -0.3 is 0 Å². The fourth-order valence-electron chi connectivity index (χ4n) is 0.874. The topological polar surface area (TPSA) is 17.1 Å². The molecule has 0 bridgehead atoms. The highest BCUT2D eigenvalue weighted by Gasteiger charge is 2.01. The molecule has 1 nitrogen and oxygen atoms in total. The van der Waals surface area contributed by atoms with Crippen molar-refractivity contribution in [2.24, 2.45) is 5.92 Å². The van der Waals surface area contributed by atoms with Crippen molar-refractivity contribution in [3.05, 3.63) is 28.0 Å². The van der Waals surface area contributed by atoms with Gasteiger partial charge in [0.25, 0.3) is 0 Å². The quantitative estimate of drug-likeness (QED) is 0.516. The van der Waals surface area contributed by atoms with Crippen LogP contribution in [-0.2, 0) is 4.79 Å². The van der Waals surface area contributed by atoms with Crippen LogP contribution in [0.2, 0.25) is 0 Å². The predicted octanol–water partition coefficient (Wildman–Crippen LogP) is 2.99. The lowest BCUT2D eigenvalue weighted by Crippen LogP contribution is -1.93. The van der Waals surface area contributed by atoms with Crippen molar-refractivity contribution in [1.29, 1.82) is 0 Å². The van der Waals surface area contributed by atoms with Gasteiger partial charge in [0.05, 0.1) is 0 Å². The first-order chi connectivity index (χ1) is 5.74. The maximum absolute atomic E-state index is 10.6. The maximum Gasteiger partial charge on any atom is 0.146 e. The van der Waals surface area contributed by atoms with Gasteiger partial charge >= 0.3 is 0 Å². The van der Waals surface area contributed by atoms with Crippen LogP contribution in [0.1, 0.15) is 18.7 Å². The molecule has 0 saturated carbocycles. The Morgan fingerprint density at radius 1 is 1.58 bits per heavy atom. The van der Waals surface area contributed by atoms with E-state index in [-0.39, 0.29) is 0 Å². The average molecular weight is 180 g/mol. The van der Waals surface area contributed by atoms with Gasteiger partial charge in [-0.25, -0.2) is 0 Å². The first-order valence-electron chi connectivity index (χ1n) is 3.94. The van der Waals surface area contributed by atoms with Crippen molar-refractivity contribution in [3.63, 3.8) is 0 Å². The van der Waals surface area contributed by atoms with Crippen LogP contribution < -0.4 is 0 Å². The fraction of sp³-hybridized carbons (Fsp3) is 0.300. The van der Waals surface area contributed by atoms with E-state index in [4.69, 9.17) is 0 Å². The van der Waals surface area contributed by atoms with Crippen molar-refractivity contribution in [1.82, 2.24) is 0 Å². The molecule has 0 aliphatic carbocycles. The average Bonchev–Trinajstić information content (AvgIpc) is 2.51. The summed E-state index contributed by atoms with van der Waals surface area (Å²) in [5.41, 5.74) is 0.859. The Morgan fingerprint density at radius 3 is 2.75 bits per heavy atom. The molecule has 0 fully saturated rings. The minimum Gasteiger partial charge on any atom is -0.298 e. The summed E-state index contributed by atoms with van der Waals surface area (Å²) >= 11 is 1.65. The van der Waals surface area contributed by atoms with Gasteiger partial charge in [0.2, 0.25) is 0 Å². The van der Waals surface area contributed by atoms with Crippen LogP contribution >= 0.6 is 11.3 Å². The first-order valence-corrected chi connectivity index (χ1v) is 4.82. The van der Waals surface area contributed by atoms with E-state index < -0.39 is 0 Å². The van der Waals surface area contributed by atoms with Crippen molar-refractivity contribution < 1.29 is 4.79 Å². The van der Waals surface area contributed by atoms with Gasteiger partial charge in [0.1, 0.15) is 6.29 Å². The number of rotatable bonds is 3. The summed E-state index contributed by atoms with van der Waals surface area (Å²) in [6, 6.07) is 4.00. The zero-order valence-electron chi connectivity index (χ0n) is 7.28. The molecule has 2 heteroatoms. The normalized spacial score (nSPS) is 12.1. The Kier molecular flexibility index (Phi) is 3.23. The number of carbonyl (C=O) groups is 1. The first kappa shape index (κ1) is 9.20. The Bertz CT molecular complexity index is 270. The highest BCUT2D eigenvalue weighted by Crippen LogP contribution is 2.16. The molecule has 12 heavy (non-hydrogen) atoms. The fourth-order valence-corrected chi connectivity index (χ4v) is 1.55. The molecule has 0 N–H and O–H groups in total. The van der Waals surface area contributed by atoms with E-state index >= 15 is 0 Å². The van der Waals surface area contributed by atoms with Crippen molar-refractivity contribution in [2.75, 3.05) is 0 Å². The molecule has 0 unspecified atom stereocenters. The highest BCUT2D eigenvalue weighted by molar-refractivity contribution is 7.10. The second-order valence-electron chi connectivity index (χ2n) is 2.93. The Labute approximate surface area is 76.7 Å². The largest absolute Gasteiger partial charge is 0.298 e. The molecule has 1 aromatic rings. The van der Waals surface area contributed by atoms with Crippen molar-refractivity contribution in [3.8, 4) is 0 Å². The molecule has 0 aliphatic rings. The van der Waals surface area contributed by atoms with Crippen LogP contribution in [-0.4, -0.2) is 6.29 Å². The van der Waals surface area contributed by atoms with Crippen LogP contribution in [0.5, 0.6) is 0 Å². The summed E-state index contributed by atoms with van der Waals surface area (Å²) in [6.07, 6.45) is 2.88. The number of hydrogen-bond acceptors (Lipinski definition) is 2. The van der Waals surface area contributed by atoms with Crippen molar-refractivity contribution in [2.45, 2.75) is 13.8 Å². The molecule has 0 amide bonds. The number of hydrogen-bond donors (Lipinski definition) is 0. The van der Waals surface area contributed by atoms with Gasteiger partial charge in [-0.15, -0.1) is 11.3 Å². The van der Waals surface area contributed by atoms with E-state index in [9.17, 15) is 4.79 Å². The van der Waals surface area contributed by atoms with Gasteiger partial charge in [-0.2, -0.15) is 0 Å². The van der Waals surface area contributed by atoms with Crippen molar-refractivity contribution >= 4 is 23.7 Å². The summed E-state index contributed by atoms with van der Waals surface area (Å²) in [5, 5.41) is 2.01. The van der Waals surface area contributed by atoms with Gasteiger partial charge in [-0.05, 0) is 29.0 Å². The minimum atomic E-state index is 0.310. The van der Waals surface area contributed by atoms with Crippen LogP contribution in [0.25, 0.3) is 6.08 Å².